The molecule has 0 bridgehead atoms. The highest BCUT2D eigenvalue weighted by Crippen LogP contribution is 2.26. The smallest absolute Gasteiger partial charge is 0.250 e. The Morgan fingerprint density at radius 2 is 1.86 bits per heavy atom. The van der Waals surface area contributed by atoms with Gasteiger partial charge in [-0.3, -0.25) is 4.79 Å². The fraction of sp³-hybridized carbons (Fsp3) is 0.167. The number of hydrogen-bond acceptors (Lipinski definition) is 3. The highest BCUT2D eigenvalue weighted by molar-refractivity contribution is 5.93. The average Bonchev–Trinajstić information content (AvgIpc) is 3.16. The summed E-state index contributed by atoms with van der Waals surface area (Å²) in [6.45, 7) is 4.43. The minimum absolute atomic E-state index is 0.00607. The average molecular weight is 385 g/mol. The van der Waals surface area contributed by atoms with E-state index >= 15 is 0 Å². The van der Waals surface area contributed by atoms with Crippen LogP contribution >= 0.6 is 0 Å². The second-order valence-electron chi connectivity index (χ2n) is 7.10. The second kappa shape index (κ2) is 8.29. The predicted molar refractivity (Wildman–Crippen MR) is 115 cm³/mol. The van der Waals surface area contributed by atoms with Crippen molar-refractivity contribution >= 4 is 17.2 Å². The van der Waals surface area contributed by atoms with Crippen molar-refractivity contribution < 1.29 is 9.53 Å². The van der Waals surface area contributed by atoms with E-state index in [1.807, 2.05) is 91.3 Å². The molecule has 5 heteroatoms. The van der Waals surface area contributed by atoms with Crippen LogP contribution in [0.3, 0.4) is 0 Å². The molecule has 0 saturated heterocycles. The van der Waals surface area contributed by atoms with Gasteiger partial charge in [0.2, 0.25) is 5.91 Å². The van der Waals surface area contributed by atoms with Crippen LogP contribution in [0.5, 0.6) is 0 Å². The quantitative estimate of drug-likeness (QED) is 0.520. The standard InChI is InChI=1S/C24H23N3O2/c1-17-10-11-20(22-14-27-12-6-7-18(2)24(27)26-22)13-21(17)25-23(28)16-29-15-19-8-4-3-5-9-19/h3-14H,15-16H2,1-2H3,(H,25,28). The van der Waals surface area contributed by atoms with E-state index in [1.165, 1.54) is 0 Å². The minimum Gasteiger partial charge on any atom is -0.367 e. The van der Waals surface area contributed by atoms with E-state index in [0.717, 1.165) is 39.3 Å². The maximum absolute atomic E-state index is 12.3. The van der Waals surface area contributed by atoms with Crippen molar-refractivity contribution in [3.05, 3.63) is 89.7 Å². The minimum atomic E-state index is -0.174. The Bertz CT molecular complexity index is 1150. The monoisotopic (exact) mass is 385 g/mol. The van der Waals surface area contributed by atoms with Crippen molar-refractivity contribution in [2.75, 3.05) is 11.9 Å². The summed E-state index contributed by atoms with van der Waals surface area (Å²) < 4.78 is 7.55. The van der Waals surface area contributed by atoms with Gasteiger partial charge in [-0.05, 0) is 42.7 Å². The second-order valence-corrected chi connectivity index (χ2v) is 7.10. The number of aromatic nitrogens is 2. The molecule has 2 heterocycles. The summed E-state index contributed by atoms with van der Waals surface area (Å²) in [5, 5.41) is 2.95. The first-order valence-electron chi connectivity index (χ1n) is 9.57. The van der Waals surface area contributed by atoms with E-state index in [1.54, 1.807) is 0 Å². The molecular weight excluding hydrogens is 362 g/mol. The number of imidazole rings is 1. The maximum atomic E-state index is 12.3. The van der Waals surface area contributed by atoms with Gasteiger partial charge >= 0.3 is 0 Å². The van der Waals surface area contributed by atoms with E-state index in [9.17, 15) is 4.79 Å². The summed E-state index contributed by atoms with van der Waals surface area (Å²) in [5.74, 6) is -0.174. The number of benzene rings is 2. The molecule has 0 atom stereocenters. The number of ether oxygens (including phenoxy) is 1. The van der Waals surface area contributed by atoms with Crippen LogP contribution in [0, 0.1) is 13.8 Å². The van der Waals surface area contributed by atoms with E-state index in [-0.39, 0.29) is 12.5 Å². The molecule has 29 heavy (non-hydrogen) atoms. The fourth-order valence-corrected chi connectivity index (χ4v) is 3.23. The van der Waals surface area contributed by atoms with Gasteiger partial charge < -0.3 is 14.5 Å². The lowest BCUT2D eigenvalue weighted by molar-refractivity contribution is -0.121. The third kappa shape index (κ3) is 4.36. The molecule has 2 aromatic heterocycles. The lowest BCUT2D eigenvalue weighted by Gasteiger charge is -2.10. The lowest BCUT2D eigenvalue weighted by atomic mass is 10.1. The molecule has 0 radical (unpaired) electrons. The maximum Gasteiger partial charge on any atom is 0.250 e. The molecule has 0 aliphatic rings. The summed E-state index contributed by atoms with van der Waals surface area (Å²) >= 11 is 0. The number of carbonyl (C=O) groups is 1. The zero-order valence-corrected chi connectivity index (χ0v) is 16.6. The molecule has 0 spiro atoms. The Labute approximate surface area is 170 Å². The third-order valence-corrected chi connectivity index (χ3v) is 4.83. The molecule has 1 N–H and O–H groups in total. The molecule has 4 aromatic rings. The highest BCUT2D eigenvalue weighted by atomic mass is 16.5. The highest BCUT2D eigenvalue weighted by Gasteiger charge is 2.10. The van der Waals surface area contributed by atoms with Crippen LogP contribution in [0.2, 0.25) is 0 Å². The van der Waals surface area contributed by atoms with Crippen molar-refractivity contribution in [1.29, 1.82) is 0 Å². The van der Waals surface area contributed by atoms with E-state index in [0.29, 0.717) is 6.61 Å². The van der Waals surface area contributed by atoms with Crippen LogP contribution in [-0.2, 0) is 16.1 Å². The number of amides is 1. The van der Waals surface area contributed by atoms with Crippen LogP contribution < -0.4 is 5.32 Å². The van der Waals surface area contributed by atoms with Gasteiger partial charge in [0.25, 0.3) is 0 Å². The summed E-state index contributed by atoms with van der Waals surface area (Å²) in [6, 6.07) is 19.8. The van der Waals surface area contributed by atoms with Gasteiger partial charge in [-0.25, -0.2) is 4.98 Å². The molecule has 1 amide bonds. The van der Waals surface area contributed by atoms with Gasteiger partial charge in [0.05, 0.1) is 12.3 Å². The zero-order valence-electron chi connectivity index (χ0n) is 16.6. The van der Waals surface area contributed by atoms with Gasteiger partial charge in [0, 0.05) is 23.6 Å². The molecule has 5 nitrogen and oxygen atoms in total. The molecule has 2 aromatic carbocycles. The zero-order chi connectivity index (χ0) is 20.2. The first kappa shape index (κ1) is 18.9. The summed E-state index contributed by atoms with van der Waals surface area (Å²) in [7, 11) is 0. The van der Waals surface area contributed by atoms with Crippen molar-refractivity contribution in [2.24, 2.45) is 0 Å². The van der Waals surface area contributed by atoms with Crippen LogP contribution in [-0.4, -0.2) is 21.9 Å². The van der Waals surface area contributed by atoms with Gasteiger partial charge in [0.15, 0.2) is 0 Å². The van der Waals surface area contributed by atoms with E-state index < -0.39 is 0 Å². The molecule has 4 rings (SSSR count). The normalized spacial score (nSPS) is 11.0. The largest absolute Gasteiger partial charge is 0.367 e. The van der Waals surface area contributed by atoms with Crippen molar-refractivity contribution in [3.63, 3.8) is 0 Å². The van der Waals surface area contributed by atoms with Crippen LogP contribution in [0.25, 0.3) is 16.9 Å². The Balaban J connectivity index is 1.46. The van der Waals surface area contributed by atoms with Crippen molar-refractivity contribution in [1.82, 2.24) is 9.38 Å². The molecule has 146 valence electrons. The Morgan fingerprint density at radius 1 is 1.03 bits per heavy atom. The molecule has 0 unspecified atom stereocenters. The number of pyridine rings is 1. The Morgan fingerprint density at radius 3 is 2.66 bits per heavy atom. The topological polar surface area (TPSA) is 55.6 Å². The van der Waals surface area contributed by atoms with Gasteiger partial charge in [-0.2, -0.15) is 0 Å². The fourth-order valence-electron chi connectivity index (χ4n) is 3.23. The number of aryl methyl sites for hydroxylation is 2. The van der Waals surface area contributed by atoms with Gasteiger partial charge in [0.1, 0.15) is 12.3 Å². The molecular formula is C24H23N3O2. The number of nitrogens with zero attached hydrogens (tertiary/aromatic N) is 2. The number of rotatable bonds is 6. The van der Waals surface area contributed by atoms with Crippen LogP contribution in [0.4, 0.5) is 5.69 Å². The first-order chi connectivity index (χ1) is 14.1. The van der Waals surface area contributed by atoms with Crippen LogP contribution in [0.1, 0.15) is 16.7 Å². The van der Waals surface area contributed by atoms with Crippen molar-refractivity contribution in [2.45, 2.75) is 20.5 Å². The first-order valence-corrected chi connectivity index (χ1v) is 9.57. The molecule has 0 saturated carbocycles. The Hall–Kier alpha value is -3.44. The molecule has 0 aliphatic carbocycles. The summed E-state index contributed by atoms with van der Waals surface area (Å²) in [5.41, 5.74) is 6.68. The number of anilines is 1. The Kier molecular flexibility index (Phi) is 5.40. The molecule has 0 fully saturated rings. The summed E-state index contributed by atoms with van der Waals surface area (Å²) in [6.07, 6.45) is 3.99. The third-order valence-electron chi connectivity index (χ3n) is 4.83. The van der Waals surface area contributed by atoms with Gasteiger partial charge in [-0.1, -0.05) is 48.5 Å². The summed E-state index contributed by atoms with van der Waals surface area (Å²) in [4.78, 5) is 17.1. The number of nitrogens with one attached hydrogen (secondary N) is 1. The van der Waals surface area contributed by atoms with E-state index in [2.05, 4.69) is 5.32 Å². The number of carbonyl (C=O) groups excluding carboxylic acids is 1. The predicted octanol–water partition coefficient (Wildman–Crippen LogP) is 4.77. The van der Waals surface area contributed by atoms with E-state index in [4.69, 9.17) is 9.72 Å². The van der Waals surface area contributed by atoms with Crippen LogP contribution in [0.15, 0.2) is 73.1 Å². The number of fused-ring (bicyclic) bond motifs is 1. The van der Waals surface area contributed by atoms with Gasteiger partial charge in [-0.15, -0.1) is 0 Å². The lowest BCUT2D eigenvalue weighted by Crippen LogP contribution is -2.18. The van der Waals surface area contributed by atoms with Crippen molar-refractivity contribution in [3.8, 4) is 11.3 Å². The SMILES string of the molecule is Cc1ccc(-c2cn3cccc(C)c3n2)cc1NC(=O)COCc1ccccc1. The number of hydrogen-bond donors (Lipinski definition) is 1. The molecule has 0 aliphatic heterocycles.